The van der Waals surface area contributed by atoms with Crippen molar-refractivity contribution in [3.05, 3.63) is 29.8 Å². The molecule has 2 N–H and O–H groups in total. The second kappa shape index (κ2) is 5.77. The highest BCUT2D eigenvalue weighted by Gasteiger charge is 2.34. The number of nitrogens with one attached hydrogen (secondary N) is 1. The molecule has 0 spiro atoms. The topological polar surface area (TPSA) is 83.5 Å². The number of alkyl halides is 2. The number of carbonyl (C=O) groups is 1. The van der Waals surface area contributed by atoms with Crippen molar-refractivity contribution in [2.45, 2.75) is 22.0 Å². The fourth-order valence-electron chi connectivity index (χ4n) is 1.34. The standard InChI is InChI=1S/C10H11Cl2NO4S/c1-6-3-2-4-7(5-6)18(16,17)9(8(11)12)13-10(14)15/h2-5,8-9,13H,1H3,(H,14,15). The number of hydrogen-bond donors (Lipinski definition) is 2. The Balaban J connectivity index is 3.21. The van der Waals surface area contributed by atoms with E-state index in [9.17, 15) is 13.2 Å². The highest BCUT2D eigenvalue weighted by Crippen LogP contribution is 2.22. The predicted molar refractivity (Wildman–Crippen MR) is 68.8 cm³/mol. The SMILES string of the molecule is Cc1cccc(S(=O)(=O)C(NC(=O)O)C(Cl)Cl)c1. The van der Waals surface area contributed by atoms with Gasteiger partial charge in [-0.25, -0.2) is 13.2 Å². The van der Waals surface area contributed by atoms with Crippen molar-refractivity contribution >= 4 is 39.1 Å². The normalized spacial score (nSPS) is 13.3. The molecule has 1 aromatic carbocycles. The van der Waals surface area contributed by atoms with Crippen LogP contribution in [0.4, 0.5) is 4.79 Å². The molecule has 0 saturated heterocycles. The first-order valence-electron chi connectivity index (χ1n) is 4.83. The van der Waals surface area contributed by atoms with E-state index in [1.807, 2.05) is 0 Å². The third-order valence-corrected chi connectivity index (χ3v) is 4.92. The monoisotopic (exact) mass is 311 g/mol. The molecule has 0 heterocycles. The molecule has 0 radical (unpaired) electrons. The molecule has 0 aliphatic carbocycles. The van der Waals surface area contributed by atoms with E-state index in [0.717, 1.165) is 5.56 Å². The van der Waals surface area contributed by atoms with E-state index in [0.29, 0.717) is 0 Å². The lowest BCUT2D eigenvalue weighted by atomic mass is 10.2. The first-order chi connectivity index (χ1) is 8.25. The quantitative estimate of drug-likeness (QED) is 0.835. The summed E-state index contributed by atoms with van der Waals surface area (Å²) in [6.45, 7) is 1.72. The van der Waals surface area contributed by atoms with E-state index in [4.69, 9.17) is 28.3 Å². The number of carboxylic acid groups (broad SMARTS) is 1. The number of sulfone groups is 1. The van der Waals surface area contributed by atoms with Crippen LogP contribution >= 0.6 is 23.2 Å². The summed E-state index contributed by atoms with van der Waals surface area (Å²) in [5.41, 5.74) is 0.728. The molecule has 5 nitrogen and oxygen atoms in total. The number of hydrogen-bond acceptors (Lipinski definition) is 3. The number of halogens is 2. The lowest BCUT2D eigenvalue weighted by Gasteiger charge is -2.18. The molecule has 0 aliphatic heterocycles. The third-order valence-electron chi connectivity index (χ3n) is 2.15. The maximum Gasteiger partial charge on any atom is 0.405 e. The van der Waals surface area contributed by atoms with Gasteiger partial charge in [0.05, 0.1) is 4.90 Å². The van der Waals surface area contributed by atoms with Crippen LogP contribution in [0.2, 0.25) is 0 Å². The maximum atomic E-state index is 12.2. The van der Waals surface area contributed by atoms with Crippen molar-refractivity contribution in [3.63, 3.8) is 0 Å². The minimum Gasteiger partial charge on any atom is -0.465 e. The van der Waals surface area contributed by atoms with Crippen molar-refractivity contribution in [1.82, 2.24) is 5.32 Å². The van der Waals surface area contributed by atoms with E-state index in [1.54, 1.807) is 24.4 Å². The summed E-state index contributed by atoms with van der Waals surface area (Å²) >= 11 is 11.0. The van der Waals surface area contributed by atoms with Crippen LogP contribution < -0.4 is 5.32 Å². The molecule has 1 amide bonds. The van der Waals surface area contributed by atoms with Crippen LogP contribution in [0, 0.1) is 6.92 Å². The van der Waals surface area contributed by atoms with E-state index >= 15 is 0 Å². The lowest BCUT2D eigenvalue weighted by molar-refractivity contribution is 0.193. The van der Waals surface area contributed by atoms with Crippen LogP contribution in [0.3, 0.4) is 0 Å². The molecular weight excluding hydrogens is 301 g/mol. The summed E-state index contributed by atoms with van der Waals surface area (Å²) in [6.07, 6.45) is -1.51. The van der Waals surface area contributed by atoms with E-state index in [-0.39, 0.29) is 4.90 Å². The zero-order valence-corrected chi connectivity index (χ0v) is 11.6. The maximum absolute atomic E-state index is 12.2. The first kappa shape index (κ1) is 15.1. The molecule has 1 unspecified atom stereocenters. The molecule has 8 heteroatoms. The van der Waals surface area contributed by atoms with Crippen molar-refractivity contribution in [2.75, 3.05) is 0 Å². The molecule has 0 aliphatic rings. The average molecular weight is 312 g/mol. The molecule has 0 bridgehead atoms. The average Bonchev–Trinajstić information content (AvgIpc) is 2.25. The summed E-state index contributed by atoms with van der Waals surface area (Å²) in [5, 5.41) is 8.80. The summed E-state index contributed by atoms with van der Waals surface area (Å²) < 4.78 is 24.3. The molecule has 0 saturated carbocycles. The zero-order chi connectivity index (χ0) is 13.9. The molecule has 100 valence electrons. The second-order valence-electron chi connectivity index (χ2n) is 3.57. The summed E-state index contributed by atoms with van der Waals surface area (Å²) in [7, 11) is -3.97. The number of benzene rings is 1. The Morgan fingerprint density at radius 1 is 1.39 bits per heavy atom. The van der Waals surface area contributed by atoms with Gasteiger partial charge in [-0.3, -0.25) is 0 Å². The molecule has 18 heavy (non-hydrogen) atoms. The van der Waals surface area contributed by atoms with Crippen LogP contribution in [0.15, 0.2) is 29.2 Å². The van der Waals surface area contributed by atoms with Crippen molar-refractivity contribution < 1.29 is 18.3 Å². The fourth-order valence-corrected chi connectivity index (χ4v) is 3.71. The van der Waals surface area contributed by atoms with Gasteiger partial charge in [0.15, 0.2) is 5.37 Å². The molecule has 1 aromatic rings. The first-order valence-corrected chi connectivity index (χ1v) is 7.25. The van der Waals surface area contributed by atoms with Crippen molar-refractivity contribution in [1.29, 1.82) is 0 Å². The fraction of sp³-hybridized carbons (Fsp3) is 0.300. The Kier molecular flexibility index (Phi) is 4.84. The van der Waals surface area contributed by atoms with Crippen LogP contribution in [0.5, 0.6) is 0 Å². The minimum atomic E-state index is -3.97. The van der Waals surface area contributed by atoms with Crippen LogP contribution in [-0.4, -0.2) is 29.8 Å². The highest BCUT2D eigenvalue weighted by atomic mass is 35.5. The van der Waals surface area contributed by atoms with Gasteiger partial charge in [-0.2, -0.15) is 0 Å². The van der Waals surface area contributed by atoms with Crippen molar-refractivity contribution in [3.8, 4) is 0 Å². The van der Waals surface area contributed by atoms with Crippen LogP contribution in [0.25, 0.3) is 0 Å². The predicted octanol–water partition coefficient (Wildman–Crippen LogP) is 2.17. The summed E-state index contributed by atoms with van der Waals surface area (Å²) in [5.74, 6) is 0. The minimum absolute atomic E-state index is 0.0347. The van der Waals surface area contributed by atoms with E-state index in [1.165, 1.54) is 12.1 Å². The lowest BCUT2D eigenvalue weighted by Crippen LogP contribution is -2.44. The van der Waals surface area contributed by atoms with Gasteiger partial charge in [0.1, 0.15) is 4.84 Å². The Morgan fingerprint density at radius 3 is 2.44 bits per heavy atom. The van der Waals surface area contributed by atoms with Gasteiger partial charge in [-0.15, -0.1) is 23.2 Å². The van der Waals surface area contributed by atoms with Crippen LogP contribution in [0.1, 0.15) is 5.56 Å². The van der Waals surface area contributed by atoms with Gasteiger partial charge in [-0.05, 0) is 24.6 Å². The van der Waals surface area contributed by atoms with Crippen LogP contribution in [-0.2, 0) is 9.84 Å². The Bertz CT molecular complexity index is 545. The Morgan fingerprint density at radius 2 is 2.00 bits per heavy atom. The molecule has 0 fully saturated rings. The highest BCUT2D eigenvalue weighted by molar-refractivity contribution is 7.92. The number of rotatable bonds is 4. The third kappa shape index (κ3) is 3.51. The summed E-state index contributed by atoms with van der Waals surface area (Å²) in [6, 6.07) is 6.05. The van der Waals surface area contributed by atoms with Gasteiger partial charge in [-0.1, -0.05) is 12.1 Å². The van der Waals surface area contributed by atoms with E-state index < -0.39 is 26.1 Å². The Labute approximate surface area is 115 Å². The van der Waals surface area contributed by atoms with E-state index in [2.05, 4.69) is 0 Å². The zero-order valence-electron chi connectivity index (χ0n) is 9.30. The second-order valence-corrected chi connectivity index (χ2v) is 6.80. The number of amides is 1. The van der Waals surface area contributed by atoms with Gasteiger partial charge in [0, 0.05) is 0 Å². The molecule has 0 aromatic heterocycles. The van der Waals surface area contributed by atoms with Gasteiger partial charge < -0.3 is 10.4 Å². The largest absolute Gasteiger partial charge is 0.465 e. The molecule has 1 rings (SSSR count). The summed E-state index contributed by atoms with van der Waals surface area (Å²) in [4.78, 5) is 9.12. The van der Waals surface area contributed by atoms with Gasteiger partial charge in [0.25, 0.3) is 0 Å². The van der Waals surface area contributed by atoms with Gasteiger partial charge >= 0.3 is 6.09 Å². The number of aryl methyl sites for hydroxylation is 1. The smallest absolute Gasteiger partial charge is 0.405 e. The van der Waals surface area contributed by atoms with Crippen molar-refractivity contribution in [2.24, 2.45) is 0 Å². The molecular formula is C10H11Cl2NO4S. The Hall–Kier alpha value is -0.980. The molecule has 1 atom stereocenters. The van der Waals surface area contributed by atoms with Gasteiger partial charge in [0.2, 0.25) is 9.84 Å².